The number of nitrogens with zero attached hydrogens (tertiary/aromatic N) is 3. The second-order valence-electron chi connectivity index (χ2n) is 12.5. The van der Waals surface area contributed by atoms with Gasteiger partial charge in [-0.05, 0) is 93.1 Å². The molecule has 1 aromatic heterocycles. The van der Waals surface area contributed by atoms with Crippen LogP contribution in [-0.2, 0) is 16.8 Å². The van der Waals surface area contributed by atoms with E-state index in [1.807, 2.05) is 18.2 Å². The number of morpholine rings is 1. The number of carbonyl (C=O) groups is 1. The van der Waals surface area contributed by atoms with Crippen molar-refractivity contribution in [3.8, 4) is 17.0 Å². The molecular weight excluding hydrogens is 580 g/mol. The van der Waals surface area contributed by atoms with Crippen molar-refractivity contribution in [1.82, 2.24) is 20.1 Å². The van der Waals surface area contributed by atoms with Crippen LogP contribution in [0.1, 0.15) is 47.2 Å². The Morgan fingerprint density at radius 1 is 1.00 bits per heavy atom. The monoisotopic (exact) mass is 622 g/mol. The van der Waals surface area contributed by atoms with E-state index in [1.165, 1.54) is 5.56 Å². The summed E-state index contributed by atoms with van der Waals surface area (Å²) in [6.45, 7) is 6.34. The highest BCUT2D eigenvalue weighted by atomic mass is 32.2. The first-order chi connectivity index (χ1) is 22.1. The zero-order valence-corrected chi connectivity index (χ0v) is 27.1. The molecule has 1 amide bonds. The van der Waals surface area contributed by atoms with Crippen LogP contribution in [0.5, 0.6) is 5.75 Å². The highest BCUT2D eigenvalue weighted by Gasteiger charge is 2.46. The number of benzene rings is 3. The standard InChI is InChI=1S/C37H42N4O3S/c1-43-29-10-8-26(9-11-29)35-32(25-40-18-14-28(15-19-40)41-20-22-44-23-21-41)34(31-24-30(45-2)12-13-33(31)38-35)36(42)39-37(16-17-37)27-6-4-3-5-7-27/h3-13,24,28H,14-23,25H2,1-2H3,(H,39,42). The second-order valence-corrected chi connectivity index (χ2v) is 13.4. The summed E-state index contributed by atoms with van der Waals surface area (Å²) in [6.07, 6.45) is 6.20. The molecule has 2 saturated heterocycles. The lowest BCUT2D eigenvalue weighted by molar-refractivity contribution is 0.000225. The van der Waals surface area contributed by atoms with Crippen molar-refractivity contribution < 1.29 is 14.3 Å². The second kappa shape index (κ2) is 13.1. The first-order valence-electron chi connectivity index (χ1n) is 16.1. The van der Waals surface area contributed by atoms with Gasteiger partial charge < -0.3 is 14.8 Å². The number of methoxy groups -OCH3 is 1. The van der Waals surface area contributed by atoms with Gasteiger partial charge in [-0.1, -0.05) is 30.3 Å². The number of nitrogens with one attached hydrogen (secondary N) is 1. The third-order valence-electron chi connectivity index (χ3n) is 9.81. The maximum absolute atomic E-state index is 14.7. The Morgan fingerprint density at radius 3 is 2.40 bits per heavy atom. The molecule has 1 aliphatic carbocycles. The molecule has 8 heteroatoms. The number of piperidine rings is 1. The Labute approximate surface area is 270 Å². The SMILES string of the molecule is COc1ccc(-c2nc3ccc(SC)cc3c(C(=O)NC3(c4ccccc4)CC3)c2CN2CCC(N3CCOCC3)CC2)cc1. The zero-order valence-electron chi connectivity index (χ0n) is 26.3. The largest absolute Gasteiger partial charge is 0.497 e. The molecule has 0 spiro atoms. The fraction of sp³-hybridized carbons (Fsp3) is 0.405. The number of carbonyl (C=O) groups excluding carboxylic acids is 1. The Hall–Kier alpha value is -3.43. The van der Waals surface area contributed by atoms with Gasteiger partial charge in [0.15, 0.2) is 0 Å². The average Bonchev–Trinajstić information content (AvgIpc) is 3.89. The van der Waals surface area contributed by atoms with Gasteiger partial charge in [0.05, 0.1) is 42.6 Å². The molecule has 2 aliphatic heterocycles. The number of hydrogen-bond donors (Lipinski definition) is 1. The lowest BCUT2D eigenvalue weighted by atomic mass is 9.93. The lowest BCUT2D eigenvalue weighted by Crippen LogP contribution is -2.48. The number of likely N-dealkylation sites (tertiary alicyclic amines) is 1. The van der Waals surface area contributed by atoms with Crippen LogP contribution in [0, 0.1) is 0 Å². The number of pyridine rings is 1. The molecule has 1 saturated carbocycles. The normalized spacial score (nSPS) is 19.0. The molecule has 0 atom stereocenters. The van der Waals surface area contributed by atoms with E-state index in [1.54, 1.807) is 18.9 Å². The van der Waals surface area contributed by atoms with Crippen molar-refractivity contribution in [3.05, 3.63) is 89.5 Å². The molecule has 7 nitrogen and oxygen atoms in total. The predicted molar refractivity (Wildman–Crippen MR) is 181 cm³/mol. The van der Waals surface area contributed by atoms with E-state index in [2.05, 4.69) is 76.0 Å². The third-order valence-corrected chi connectivity index (χ3v) is 10.5. The van der Waals surface area contributed by atoms with Gasteiger partial charge in [-0.15, -0.1) is 11.8 Å². The summed E-state index contributed by atoms with van der Waals surface area (Å²) >= 11 is 1.69. The van der Waals surface area contributed by atoms with Gasteiger partial charge in [-0.2, -0.15) is 0 Å². The number of thioether (sulfide) groups is 1. The van der Waals surface area contributed by atoms with Crippen LogP contribution in [0.25, 0.3) is 22.2 Å². The summed E-state index contributed by atoms with van der Waals surface area (Å²) < 4.78 is 11.1. The molecule has 45 heavy (non-hydrogen) atoms. The van der Waals surface area contributed by atoms with E-state index in [4.69, 9.17) is 14.5 Å². The van der Waals surface area contributed by atoms with Crippen LogP contribution >= 0.6 is 11.8 Å². The first kappa shape index (κ1) is 30.2. The Kier molecular flexibility index (Phi) is 8.82. The van der Waals surface area contributed by atoms with Crippen LogP contribution in [-0.4, -0.2) is 79.5 Å². The molecule has 3 aliphatic rings. The molecule has 3 fully saturated rings. The zero-order chi connectivity index (χ0) is 30.8. The van der Waals surface area contributed by atoms with Crippen molar-refractivity contribution >= 4 is 28.6 Å². The van der Waals surface area contributed by atoms with Crippen LogP contribution in [0.2, 0.25) is 0 Å². The molecule has 0 radical (unpaired) electrons. The van der Waals surface area contributed by atoms with Crippen LogP contribution in [0.15, 0.2) is 77.7 Å². The molecule has 4 aromatic rings. The van der Waals surface area contributed by atoms with Gasteiger partial charge >= 0.3 is 0 Å². The molecule has 0 unspecified atom stereocenters. The van der Waals surface area contributed by atoms with Gasteiger partial charge in [-0.3, -0.25) is 14.6 Å². The van der Waals surface area contributed by atoms with Crippen LogP contribution in [0.3, 0.4) is 0 Å². The molecule has 3 aromatic carbocycles. The van der Waals surface area contributed by atoms with Gasteiger partial charge in [0.1, 0.15) is 5.75 Å². The van der Waals surface area contributed by atoms with Crippen molar-refractivity contribution in [2.45, 2.75) is 48.7 Å². The van der Waals surface area contributed by atoms with Crippen LogP contribution in [0.4, 0.5) is 0 Å². The highest BCUT2D eigenvalue weighted by molar-refractivity contribution is 7.98. The van der Waals surface area contributed by atoms with Gasteiger partial charge in [0, 0.05) is 47.1 Å². The van der Waals surface area contributed by atoms with Crippen LogP contribution < -0.4 is 10.1 Å². The molecule has 0 bridgehead atoms. The summed E-state index contributed by atoms with van der Waals surface area (Å²) in [7, 11) is 1.68. The maximum Gasteiger partial charge on any atom is 0.253 e. The van der Waals surface area contributed by atoms with Gasteiger partial charge in [0.25, 0.3) is 5.91 Å². The summed E-state index contributed by atoms with van der Waals surface area (Å²) in [6, 6.07) is 25.4. The number of hydrogen-bond acceptors (Lipinski definition) is 7. The number of ether oxygens (including phenoxy) is 2. The van der Waals surface area contributed by atoms with Crippen molar-refractivity contribution in [2.75, 3.05) is 52.8 Å². The fourth-order valence-corrected chi connectivity index (χ4v) is 7.51. The first-order valence-corrected chi connectivity index (χ1v) is 17.4. The number of rotatable bonds is 9. The van der Waals surface area contributed by atoms with E-state index in [0.717, 1.165) is 109 Å². The van der Waals surface area contributed by atoms with E-state index in [-0.39, 0.29) is 11.4 Å². The molecular formula is C37H42N4O3S. The smallest absolute Gasteiger partial charge is 0.253 e. The minimum atomic E-state index is -0.320. The lowest BCUT2D eigenvalue weighted by Gasteiger charge is -2.40. The average molecular weight is 623 g/mol. The third kappa shape index (κ3) is 6.34. The molecule has 7 rings (SSSR count). The maximum atomic E-state index is 14.7. The number of aromatic nitrogens is 1. The van der Waals surface area contributed by atoms with Gasteiger partial charge in [-0.25, -0.2) is 4.98 Å². The minimum Gasteiger partial charge on any atom is -0.497 e. The Balaban J connectivity index is 1.30. The predicted octanol–water partition coefficient (Wildman–Crippen LogP) is 6.35. The number of amides is 1. The van der Waals surface area contributed by atoms with Crippen molar-refractivity contribution in [2.24, 2.45) is 0 Å². The van der Waals surface area contributed by atoms with Gasteiger partial charge in [0.2, 0.25) is 0 Å². The van der Waals surface area contributed by atoms with Crippen molar-refractivity contribution in [3.63, 3.8) is 0 Å². The fourth-order valence-electron chi connectivity index (χ4n) is 7.07. The quantitative estimate of drug-likeness (QED) is 0.218. The minimum absolute atomic E-state index is 0.0185. The highest BCUT2D eigenvalue weighted by Crippen LogP contribution is 2.46. The summed E-state index contributed by atoms with van der Waals surface area (Å²) in [5.41, 5.74) is 5.29. The summed E-state index contributed by atoms with van der Waals surface area (Å²) in [5, 5.41) is 4.44. The van der Waals surface area contributed by atoms with E-state index in [9.17, 15) is 4.79 Å². The summed E-state index contributed by atoms with van der Waals surface area (Å²) in [5.74, 6) is 0.780. The molecule has 234 valence electrons. The number of fused-ring (bicyclic) bond motifs is 1. The van der Waals surface area contributed by atoms with Crippen molar-refractivity contribution in [1.29, 1.82) is 0 Å². The Bertz CT molecular complexity index is 1640. The molecule has 1 N–H and O–H groups in total. The summed E-state index contributed by atoms with van der Waals surface area (Å²) in [4.78, 5) is 26.2. The topological polar surface area (TPSA) is 66.9 Å². The van der Waals surface area contributed by atoms with E-state index < -0.39 is 0 Å². The Morgan fingerprint density at radius 2 is 1.73 bits per heavy atom. The van der Waals surface area contributed by atoms with E-state index >= 15 is 0 Å². The molecule has 3 heterocycles. The van der Waals surface area contributed by atoms with E-state index in [0.29, 0.717) is 12.6 Å².